The maximum atomic E-state index is 6.00. The summed E-state index contributed by atoms with van der Waals surface area (Å²) in [5, 5.41) is 3.87. The number of nitrogens with one attached hydrogen (secondary N) is 1. The van der Waals surface area contributed by atoms with E-state index in [1.807, 2.05) is 36.5 Å². The molecule has 0 aliphatic carbocycles. The van der Waals surface area contributed by atoms with E-state index in [4.69, 9.17) is 11.6 Å². The van der Waals surface area contributed by atoms with Gasteiger partial charge in [0.05, 0.1) is 5.69 Å². The molecule has 0 bridgehead atoms. The first-order valence-electron chi connectivity index (χ1n) is 7.67. The van der Waals surface area contributed by atoms with E-state index in [1.54, 1.807) is 12.4 Å². The van der Waals surface area contributed by atoms with E-state index in [1.165, 1.54) is 0 Å². The number of benzene rings is 1. The van der Waals surface area contributed by atoms with E-state index in [2.05, 4.69) is 30.2 Å². The Bertz CT molecular complexity index is 855. The lowest BCUT2D eigenvalue weighted by Gasteiger charge is -2.27. The van der Waals surface area contributed by atoms with Gasteiger partial charge in [-0.15, -0.1) is 0 Å². The van der Waals surface area contributed by atoms with Gasteiger partial charge in [-0.2, -0.15) is 0 Å². The van der Waals surface area contributed by atoms with Gasteiger partial charge in [-0.05, 0) is 24.3 Å². The molecule has 6 nitrogen and oxygen atoms in total. The van der Waals surface area contributed by atoms with Gasteiger partial charge in [0.25, 0.3) is 0 Å². The van der Waals surface area contributed by atoms with Crippen molar-refractivity contribution in [3.8, 4) is 0 Å². The third kappa shape index (κ3) is 3.14. The molecule has 0 amide bonds. The molecule has 0 saturated carbocycles. The van der Waals surface area contributed by atoms with Crippen molar-refractivity contribution >= 4 is 29.2 Å². The molecule has 0 fully saturated rings. The summed E-state index contributed by atoms with van der Waals surface area (Å²) < 4.78 is 0. The fourth-order valence-corrected chi connectivity index (χ4v) is 2.89. The Morgan fingerprint density at radius 2 is 1.96 bits per heavy atom. The van der Waals surface area contributed by atoms with Crippen molar-refractivity contribution in [2.45, 2.75) is 13.0 Å². The second-order valence-corrected chi connectivity index (χ2v) is 5.96. The minimum absolute atomic E-state index is 0.584. The molecular weight excluding hydrogens is 324 g/mol. The van der Waals surface area contributed by atoms with Gasteiger partial charge >= 0.3 is 0 Å². The average Bonchev–Trinajstić information content (AvgIpc) is 2.62. The van der Waals surface area contributed by atoms with Crippen molar-refractivity contribution in [3.63, 3.8) is 0 Å². The molecule has 0 spiro atoms. The van der Waals surface area contributed by atoms with Crippen molar-refractivity contribution in [2.75, 3.05) is 16.8 Å². The highest BCUT2D eigenvalue weighted by atomic mass is 35.5. The minimum atomic E-state index is 0.584. The van der Waals surface area contributed by atoms with Gasteiger partial charge in [-0.3, -0.25) is 0 Å². The normalized spacial score (nSPS) is 13.5. The van der Waals surface area contributed by atoms with Crippen molar-refractivity contribution < 1.29 is 0 Å². The molecule has 24 heavy (non-hydrogen) atoms. The zero-order valence-corrected chi connectivity index (χ0v) is 13.6. The Labute approximate surface area is 144 Å². The Hall–Kier alpha value is -2.73. The van der Waals surface area contributed by atoms with Gasteiger partial charge in [0.15, 0.2) is 0 Å². The Kier molecular flexibility index (Phi) is 3.96. The first kappa shape index (κ1) is 14.8. The maximum absolute atomic E-state index is 6.00. The van der Waals surface area contributed by atoms with E-state index in [-0.39, 0.29) is 0 Å². The smallest absolute Gasteiger partial charge is 0.227 e. The van der Waals surface area contributed by atoms with Gasteiger partial charge in [0.1, 0.15) is 0 Å². The van der Waals surface area contributed by atoms with Gasteiger partial charge < -0.3 is 10.2 Å². The highest BCUT2D eigenvalue weighted by Crippen LogP contribution is 2.22. The molecule has 4 rings (SSSR count). The molecule has 0 unspecified atom stereocenters. The quantitative estimate of drug-likeness (QED) is 0.791. The second-order valence-electron chi connectivity index (χ2n) is 5.52. The second kappa shape index (κ2) is 6.41. The molecule has 0 saturated heterocycles. The van der Waals surface area contributed by atoms with Crippen molar-refractivity contribution in [1.29, 1.82) is 0 Å². The SMILES string of the molecule is Clc1cccc(Nc2ncc3c(n2)CCN(c2ncccn2)C3)c1. The van der Waals surface area contributed by atoms with Gasteiger partial charge in [0, 0.05) is 54.4 Å². The number of rotatable bonds is 3. The summed E-state index contributed by atoms with van der Waals surface area (Å²) >= 11 is 6.00. The van der Waals surface area contributed by atoms with E-state index >= 15 is 0 Å². The molecule has 2 aromatic heterocycles. The van der Waals surface area contributed by atoms with Crippen LogP contribution >= 0.6 is 11.6 Å². The predicted molar refractivity (Wildman–Crippen MR) is 93.6 cm³/mol. The standard InChI is InChI=1S/C17H15ClN6/c18-13-3-1-4-14(9-13)22-16-21-10-12-11-24(8-5-15(12)23-16)17-19-6-2-7-20-17/h1-4,6-7,9-10H,5,8,11H2,(H,21,22,23). The van der Waals surface area contributed by atoms with Crippen LogP contribution in [-0.4, -0.2) is 26.5 Å². The summed E-state index contributed by atoms with van der Waals surface area (Å²) in [5.41, 5.74) is 3.03. The lowest BCUT2D eigenvalue weighted by atomic mass is 10.1. The Balaban J connectivity index is 1.53. The Morgan fingerprint density at radius 1 is 1.08 bits per heavy atom. The van der Waals surface area contributed by atoms with Crippen LogP contribution in [-0.2, 0) is 13.0 Å². The summed E-state index contributed by atoms with van der Waals surface area (Å²) in [6.45, 7) is 1.56. The number of halogens is 1. The number of fused-ring (bicyclic) bond motifs is 1. The summed E-state index contributed by atoms with van der Waals surface area (Å²) in [5.74, 6) is 1.32. The first-order valence-corrected chi connectivity index (χ1v) is 8.05. The fraction of sp³-hybridized carbons (Fsp3) is 0.176. The molecular formula is C17H15ClN6. The minimum Gasteiger partial charge on any atom is -0.336 e. The number of nitrogens with zero attached hydrogens (tertiary/aromatic N) is 5. The van der Waals surface area contributed by atoms with Gasteiger partial charge in [-0.1, -0.05) is 17.7 Å². The van der Waals surface area contributed by atoms with Crippen LogP contribution in [0.3, 0.4) is 0 Å². The zero-order valence-electron chi connectivity index (χ0n) is 12.9. The summed E-state index contributed by atoms with van der Waals surface area (Å²) in [6, 6.07) is 9.32. The lowest BCUT2D eigenvalue weighted by molar-refractivity contribution is 0.687. The number of hydrogen-bond donors (Lipinski definition) is 1. The fourth-order valence-electron chi connectivity index (χ4n) is 2.70. The first-order chi connectivity index (χ1) is 11.8. The van der Waals surface area contributed by atoms with Crippen LogP contribution in [0.5, 0.6) is 0 Å². The van der Waals surface area contributed by atoms with Gasteiger partial charge in [-0.25, -0.2) is 19.9 Å². The molecule has 1 N–H and O–H groups in total. The molecule has 0 atom stereocenters. The lowest BCUT2D eigenvalue weighted by Crippen LogP contribution is -2.32. The summed E-state index contributed by atoms with van der Waals surface area (Å²) in [6.07, 6.45) is 6.21. The van der Waals surface area contributed by atoms with Crippen LogP contribution in [0, 0.1) is 0 Å². The zero-order chi connectivity index (χ0) is 16.4. The van der Waals surface area contributed by atoms with Crippen LogP contribution in [0.4, 0.5) is 17.6 Å². The third-order valence-electron chi connectivity index (χ3n) is 3.85. The van der Waals surface area contributed by atoms with Crippen LogP contribution in [0.1, 0.15) is 11.3 Å². The van der Waals surface area contributed by atoms with Crippen molar-refractivity contribution in [3.05, 3.63) is 65.2 Å². The van der Waals surface area contributed by atoms with E-state index < -0.39 is 0 Å². The van der Waals surface area contributed by atoms with Crippen LogP contribution in [0.2, 0.25) is 5.02 Å². The molecule has 0 radical (unpaired) electrons. The third-order valence-corrected chi connectivity index (χ3v) is 4.08. The van der Waals surface area contributed by atoms with Crippen LogP contribution < -0.4 is 10.2 Å². The highest BCUT2D eigenvalue weighted by Gasteiger charge is 2.20. The van der Waals surface area contributed by atoms with E-state index in [9.17, 15) is 0 Å². The highest BCUT2D eigenvalue weighted by molar-refractivity contribution is 6.30. The molecule has 7 heteroatoms. The van der Waals surface area contributed by atoms with Crippen molar-refractivity contribution in [2.24, 2.45) is 0 Å². The average molecular weight is 339 g/mol. The van der Waals surface area contributed by atoms with E-state index in [0.29, 0.717) is 11.0 Å². The van der Waals surface area contributed by atoms with E-state index in [0.717, 1.165) is 42.4 Å². The van der Waals surface area contributed by atoms with Gasteiger partial charge in [0.2, 0.25) is 11.9 Å². The Morgan fingerprint density at radius 3 is 2.79 bits per heavy atom. The molecule has 3 heterocycles. The molecule has 120 valence electrons. The summed E-state index contributed by atoms with van der Waals surface area (Å²) in [7, 11) is 0. The number of aromatic nitrogens is 4. The summed E-state index contributed by atoms with van der Waals surface area (Å²) in [4.78, 5) is 19.8. The molecule has 1 aromatic carbocycles. The molecule has 1 aliphatic heterocycles. The predicted octanol–water partition coefficient (Wildman–Crippen LogP) is 3.23. The number of hydrogen-bond acceptors (Lipinski definition) is 6. The number of anilines is 3. The van der Waals surface area contributed by atoms with Crippen LogP contribution in [0.15, 0.2) is 48.9 Å². The monoisotopic (exact) mass is 338 g/mol. The maximum Gasteiger partial charge on any atom is 0.227 e. The van der Waals surface area contributed by atoms with Crippen molar-refractivity contribution in [1.82, 2.24) is 19.9 Å². The molecule has 3 aromatic rings. The topological polar surface area (TPSA) is 66.8 Å². The van der Waals surface area contributed by atoms with Crippen LogP contribution in [0.25, 0.3) is 0 Å². The largest absolute Gasteiger partial charge is 0.336 e. The molecule has 1 aliphatic rings.